The van der Waals surface area contributed by atoms with Gasteiger partial charge in [-0.25, -0.2) is 0 Å². The van der Waals surface area contributed by atoms with E-state index in [9.17, 15) is 5.11 Å². The molecule has 7 heteroatoms. The molecule has 1 saturated heterocycles. The van der Waals surface area contributed by atoms with Gasteiger partial charge in [-0.15, -0.1) is 35.3 Å². The van der Waals surface area contributed by atoms with Gasteiger partial charge < -0.3 is 20.2 Å². The minimum absolute atomic E-state index is 0. The van der Waals surface area contributed by atoms with Crippen LogP contribution in [0.15, 0.2) is 52.8 Å². The summed E-state index contributed by atoms with van der Waals surface area (Å²) >= 11 is 1.79. The number of hydrogen-bond donors (Lipinski definition) is 2. The number of anilines is 1. The fraction of sp³-hybridized carbons (Fsp3) is 0.450. The largest absolute Gasteiger partial charge is 0.391 e. The van der Waals surface area contributed by atoms with Gasteiger partial charge in [-0.1, -0.05) is 30.3 Å². The number of nitrogens with one attached hydrogen (secondary N) is 1. The molecule has 0 spiro atoms. The summed E-state index contributed by atoms with van der Waals surface area (Å²) in [6.45, 7) is 7.21. The Morgan fingerprint density at radius 1 is 1.15 bits per heavy atom. The maximum absolute atomic E-state index is 10.3. The average Bonchev–Trinajstić information content (AvgIpc) is 3.21. The third-order valence-corrected chi connectivity index (χ3v) is 5.43. The minimum atomic E-state index is -0.460. The summed E-state index contributed by atoms with van der Waals surface area (Å²) < 4.78 is 0. The van der Waals surface area contributed by atoms with Crippen LogP contribution in [0.3, 0.4) is 0 Å². The van der Waals surface area contributed by atoms with Crippen LogP contribution in [0.4, 0.5) is 5.00 Å². The summed E-state index contributed by atoms with van der Waals surface area (Å²) in [6, 6.07) is 14.4. The molecule has 0 bridgehead atoms. The first-order valence-corrected chi connectivity index (χ1v) is 10.2. The second kappa shape index (κ2) is 11.5. The maximum atomic E-state index is 10.3. The fourth-order valence-corrected chi connectivity index (χ4v) is 3.94. The van der Waals surface area contributed by atoms with E-state index in [2.05, 4.69) is 44.5 Å². The van der Waals surface area contributed by atoms with E-state index in [4.69, 9.17) is 0 Å². The SMILES string of the molecule is CCNC(=NCC(O)Cc1ccccc1)N1CCN(c2cccs2)CC1.I. The van der Waals surface area contributed by atoms with Crippen molar-refractivity contribution in [2.24, 2.45) is 4.99 Å². The molecule has 1 atom stereocenters. The molecule has 1 aliphatic heterocycles. The van der Waals surface area contributed by atoms with Crippen LogP contribution in [0.2, 0.25) is 0 Å². The number of piperazine rings is 1. The van der Waals surface area contributed by atoms with E-state index in [0.29, 0.717) is 13.0 Å². The van der Waals surface area contributed by atoms with Gasteiger partial charge in [0.2, 0.25) is 0 Å². The molecule has 1 aromatic carbocycles. The molecule has 27 heavy (non-hydrogen) atoms. The molecule has 0 radical (unpaired) electrons. The fourth-order valence-electron chi connectivity index (χ4n) is 3.16. The summed E-state index contributed by atoms with van der Waals surface area (Å²) in [5, 5.41) is 17.2. The number of benzene rings is 1. The molecule has 1 aromatic heterocycles. The number of rotatable bonds is 6. The van der Waals surface area contributed by atoms with Crippen molar-refractivity contribution in [2.45, 2.75) is 19.4 Å². The van der Waals surface area contributed by atoms with Crippen LogP contribution in [0.1, 0.15) is 12.5 Å². The molecule has 1 unspecified atom stereocenters. The second-order valence-corrected chi connectivity index (χ2v) is 7.39. The Morgan fingerprint density at radius 3 is 2.52 bits per heavy atom. The Morgan fingerprint density at radius 2 is 1.89 bits per heavy atom. The van der Waals surface area contributed by atoms with E-state index in [0.717, 1.165) is 44.2 Å². The number of aliphatic hydroxyl groups excluding tert-OH is 1. The number of aliphatic imine (C=N–C) groups is 1. The lowest BCUT2D eigenvalue weighted by molar-refractivity contribution is 0.183. The predicted molar refractivity (Wildman–Crippen MR) is 126 cm³/mol. The molecule has 2 heterocycles. The van der Waals surface area contributed by atoms with Crippen molar-refractivity contribution in [3.05, 3.63) is 53.4 Å². The van der Waals surface area contributed by atoms with Crippen molar-refractivity contribution in [3.8, 4) is 0 Å². The normalized spacial score (nSPS) is 16.0. The Bertz CT molecular complexity index is 673. The van der Waals surface area contributed by atoms with Crippen LogP contribution >= 0.6 is 35.3 Å². The zero-order valence-electron chi connectivity index (χ0n) is 15.8. The van der Waals surface area contributed by atoms with Gasteiger partial charge in [-0.3, -0.25) is 4.99 Å². The van der Waals surface area contributed by atoms with Gasteiger partial charge in [-0.2, -0.15) is 0 Å². The lowest BCUT2D eigenvalue weighted by Crippen LogP contribution is -2.52. The van der Waals surface area contributed by atoms with Crippen LogP contribution in [-0.4, -0.2) is 61.3 Å². The standard InChI is InChI=1S/C20H28N4OS.HI/c1-2-21-20(22-16-18(25)15-17-7-4-3-5-8-17)24-12-10-23(11-13-24)19-9-6-14-26-19;/h3-9,14,18,25H,2,10-13,15-16H2,1H3,(H,21,22);1H. The van der Waals surface area contributed by atoms with E-state index in [-0.39, 0.29) is 24.0 Å². The smallest absolute Gasteiger partial charge is 0.194 e. The van der Waals surface area contributed by atoms with Crippen LogP contribution in [-0.2, 0) is 6.42 Å². The Labute approximate surface area is 183 Å². The number of aliphatic hydroxyl groups is 1. The van der Waals surface area contributed by atoms with Crippen molar-refractivity contribution in [3.63, 3.8) is 0 Å². The Hall–Kier alpha value is -1.32. The Kier molecular flexibility index (Phi) is 9.36. The summed E-state index contributed by atoms with van der Waals surface area (Å²) in [5.74, 6) is 0.908. The van der Waals surface area contributed by atoms with E-state index in [1.54, 1.807) is 11.3 Å². The van der Waals surface area contributed by atoms with Crippen LogP contribution < -0.4 is 10.2 Å². The van der Waals surface area contributed by atoms with Gasteiger partial charge in [-0.05, 0) is 30.0 Å². The van der Waals surface area contributed by atoms with Gasteiger partial charge in [0.15, 0.2) is 5.96 Å². The number of hydrogen-bond acceptors (Lipinski definition) is 4. The second-order valence-electron chi connectivity index (χ2n) is 6.46. The van der Waals surface area contributed by atoms with E-state index < -0.39 is 6.10 Å². The molecule has 0 amide bonds. The van der Waals surface area contributed by atoms with E-state index >= 15 is 0 Å². The van der Waals surface area contributed by atoms with Gasteiger partial charge in [0, 0.05) is 39.1 Å². The summed E-state index contributed by atoms with van der Waals surface area (Å²) in [4.78, 5) is 9.41. The molecule has 2 aromatic rings. The van der Waals surface area contributed by atoms with Crippen molar-refractivity contribution >= 4 is 46.3 Å². The van der Waals surface area contributed by atoms with Crippen molar-refractivity contribution in [1.29, 1.82) is 0 Å². The summed E-state index contributed by atoms with van der Waals surface area (Å²) in [6.07, 6.45) is 0.175. The number of halogens is 1. The minimum Gasteiger partial charge on any atom is -0.391 e. The highest BCUT2D eigenvalue weighted by atomic mass is 127. The molecule has 2 N–H and O–H groups in total. The average molecular weight is 500 g/mol. The maximum Gasteiger partial charge on any atom is 0.194 e. The number of thiophene rings is 1. The van der Waals surface area contributed by atoms with Gasteiger partial charge in [0.25, 0.3) is 0 Å². The molecule has 0 saturated carbocycles. The quantitative estimate of drug-likeness (QED) is 0.364. The molecule has 1 fully saturated rings. The summed E-state index contributed by atoms with van der Waals surface area (Å²) in [5.41, 5.74) is 1.14. The topological polar surface area (TPSA) is 51.1 Å². The van der Waals surface area contributed by atoms with Crippen molar-refractivity contribution < 1.29 is 5.11 Å². The molecular weight excluding hydrogens is 471 g/mol. The molecule has 0 aliphatic carbocycles. The lowest BCUT2D eigenvalue weighted by Gasteiger charge is -2.37. The third-order valence-electron chi connectivity index (χ3n) is 4.50. The number of guanidine groups is 1. The van der Waals surface area contributed by atoms with E-state index in [1.807, 2.05) is 30.3 Å². The molecule has 148 valence electrons. The first-order chi connectivity index (χ1) is 12.8. The lowest BCUT2D eigenvalue weighted by atomic mass is 10.1. The highest BCUT2D eigenvalue weighted by Crippen LogP contribution is 2.22. The van der Waals surface area contributed by atoms with Gasteiger partial charge in [0.05, 0.1) is 17.6 Å². The molecule has 5 nitrogen and oxygen atoms in total. The van der Waals surface area contributed by atoms with Crippen LogP contribution in [0.5, 0.6) is 0 Å². The first-order valence-electron chi connectivity index (χ1n) is 9.30. The first kappa shape index (κ1) is 22.0. The van der Waals surface area contributed by atoms with Crippen LogP contribution in [0.25, 0.3) is 0 Å². The van der Waals surface area contributed by atoms with Crippen molar-refractivity contribution in [2.75, 3.05) is 44.2 Å². The van der Waals surface area contributed by atoms with E-state index in [1.165, 1.54) is 5.00 Å². The number of nitrogens with zero attached hydrogens (tertiary/aromatic N) is 3. The molecular formula is C20H29IN4OS. The zero-order chi connectivity index (χ0) is 18.2. The molecule has 3 rings (SSSR count). The van der Waals surface area contributed by atoms with Gasteiger partial charge in [0.1, 0.15) is 0 Å². The highest BCUT2D eigenvalue weighted by molar-refractivity contribution is 14.0. The summed E-state index contributed by atoms with van der Waals surface area (Å²) in [7, 11) is 0. The van der Waals surface area contributed by atoms with Crippen LogP contribution in [0, 0.1) is 0 Å². The van der Waals surface area contributed by atoms with Crippen molar-refractivity contribution in [1.82, 2.24) is 10.2 Å². The third kappa shape index (κ3) is 6.65. The monoisotopic (exact) mass is 500 g/mol. The predicted octanol–water partition coefficient (Wildman–Crippen LogP) is 3.06. The zero-order valence-corrected chi connectivity index (χ0v) is 18.9. The van der Waals surface area contributed by atoms with Gasteiger partial charge >= 0.3 is 0 Å². The highest BCUT2D eigenvalue weighted by Gasteiger charge is 2.20. The molecule has 1 aliphatic rings. The Balaban J connectivity index is 0.00000261.